The predicted molar refractivity (Wildman–Crippen MR) is 61.5 cm³/mol. The summed E-state index contributed by atoms with van der Waals surface area (Å²) in [6, 6.07) is 4.31. The van der Waals surface area contributed by atoms with Gasteiger partial charge in [-0.1, -0.05) is 5.92 Å². The zero-order valence-corrected chi connectivity index (χ0v) is 9.46. The second-order valence-electron chi connectivity index (χ2n) is 3.49. The maximum atomic E-state index is 13.0. The molecule has 0 spiro atoms. The van der Waals surface area contributed by atoms with Gasteiger partial charge in [-0.3, -0.25) is 4.79 Å². The molecule has 0 aromatic heterocycles. The first-order valence-electron chi connectivity index (χ1n) is 5.09. The lowest BCUT2D eigenvalue weighted by atomic mass is 10.1. The Morgan fingerprint density at radius 1 is 1.56 bits per heavy atom. The number of aryl methyl sites for hydroxylation is 1. The van der Waals surface area contributed by atoms with Crippen molar-refractivity contribution in [3.05, 3.63) is 35.1 Å². The Kier molecular flexibility index (Phi) is 4.07. The first kappa shape index (κ1) is 12.3. The van der Waals surface area contributed by atoms with Gasteiger partial charge in [-0.15, -0.1) is 6.42 Å². The van der Waals surface area contributed by atoms with E-state index in [2.05, 4.69) is 5.92 Å². The standard InChI is InChI=1S/C13H14FNO/c1-4-8-15(5-2)13(16)11-6-7-12(14)10(3)9-11/h1,6-7,9H,5,8H2,2-3H3. The molecule has 1 aromatic rings. The highest BCUT2D eigenvalue weighted by atomic mass is 19.1. The summed E-state index contributed by atoms with van der Waals surface area (Å²) in [5.74, 6) is 1.95. The Balaban J connectivity index is 2.95. The van der Waals surface area contributed by atoms with E-state index in [-0.39, 0.29) is 18.3 Å². The summed E-state index contributed by atoms with van der Waals surface area (Å²) in [5.41, 5.74) is 0.929. The molecule has 0 aliphatic rings. The highest BCUT2D eigenvalue weighted by molar-refractivity contribution is 5.94. The zero-order chi connectivity index (χ0) is 12.1. The molecule has 0 aliphatic heterocycles. The number of halogens is 1. The first-order valence-corrected chi connectivity index (χ1v) is 5.09. The van der Waals surface area contributed by atoms with E-state index in [9.17, 15) is 9.18 Å². The molecule has 1 aromatic carbocycles. The highest BCUT2D eigenvalue weighted by Crippen LogP contribution is 2.11. The molecule has 0 saturated heterocycles. The maximum absolute atomic E-state index is 13.0. The van der Waals surface area contributed by atoms with E-state index in [1.165, 1.54) is 23.1 Å². The Morgan fingerprint density at radius 2 is 2.25 bits per heavy atom. The van der Waals surface area contributed by atoms with Crippen molar-refractivity contribution in [2.24, 2.45) is 0 Å². The molecule has 3 heteroatoms. The Morgan fingerprint density at radius 3 is 2.75 bits per heavy atom. The monoisotopic (exact) mass is 219 g/mol. The minimum Gasteiger partial charge on any atom is -0.328 e. The molecular formula is C13H14FNO. The van der Waals surface area contributed by atoms with Crippen molar-refractivity contribution in [1.29, 1.82) is 0 Å². The van der Waals surface area contributed by atoms with Crippen molar-refractivity contribution in [3.8, 4) is 12.3 Å². The second-order valence-corrected chi connectivity index (χ2v) is 3.49. The maximum Gasteiger partial charge on any atom is 0.254 e. The quantitative estimate of drug-likeness (QED) is 0.714. The lowest BCUT2D eigenvalue weighted by Gasteiger charge is -2.18. The average Bonchev–Trinajstić information content (AvgIpc) is 2.28. The summed E-state index contributed by atoms with van der Waals surface area (Å²) in [5, 5.41) is 0. The fourth-order valence-electron chi connectivity index (χ4n) is 1.40. The van der Waals surface area contributed by atoms with Gasteiger partial charge in [0.25, 0.3) is 5.91 Å². The summed E-state index contributed by atoms with van der Waals surface area (Å²) < 4.78 is 13.0. The van der Waals surface area contributed by atoms with Crippen LogP contribution in [0.2, 0.25) is 0 Å². The van der Waals surface area contributed by atoms with Gasteiger partial charge in [0.05, 0.1) is 6.54 Å². The van der Waals surface area contributed by atoms with Crippen LogP contribution in [0.5, 0.6) is 0 Å². The number of carbonyl (C=O) groups is 1. The number of rotatable bonds is 3. The largest absolute Gasteiger partial charge is 0.328 e. The minimum atomic E-state index is -0.309. The van der Waals surface area contributed by atoms with E-state index < -0.39 is 0 Å². The number of carbonyl (C=O) groups excluding carboxylic acids is 1. The topological polar surface area (TPSA) is 20.3 Å². The van der Waals surface area contributed by atoms with Gasteiger partial charge >= 0.3 is 0 Å². The van der Waals surface area contributed by atoms with Crippen molar-refractivity contribution in [3.63, 3.8) is 0 Å². The summed E-state index contributed by atoms with van der Waals surface area (Å²) in [4.78, 5) is 13.5. The summed E-state index contributed by atoms with van der Waals surface area (Å²) in [6.45, 7) is 4.29. The van der Waals surface area contributed by atoms with Gasteiger partial charge in [0, 0.05) is 12.1 Å². The number of hydrogen-bond acceptors (Lipinski definition) is 1. The normalized spacial score (nSPS) is 9.62. The Hall–Kier alpha value is -1.82. The molecule has 0 aliphatic carbocycles. The molecule has 16 heavy (non-hydrogen) atoms. The Bertz CT molecular complexity index is 434. The van der Waals surface area contributed by atoms with Crippen molar-refractivity contribution < 1.29 is 9.18 Å². The molecule has 0 saturated carbocycles. The van der Waals surface area contributed by atoms with Gasteiger partial charge in [-0.2, -0.15) is 0 Å². The van der Waals surface area contributed by atoms with Crippen LogP contribution in [0.1, 0.15) is 22.8 Å². The third-order valence-electron chi connectivity index (χ3n) is 2.36. The molecule has 0 fully saturated rings. The van der Waals surface area contributed by atoms with E-state index in [1.807, 2.05) is 6.92 Å². The van der Waals surface area contributed by atoms with Crippen LogP contribution in [0.25, 0.3) is 0 Å². The zero-order valence-electron chi connectivity index (χ0n) is 9.46. The van der Waals surface area contributed by atoms with Gasteiger partial charge in [-0.05, 0) is 37.6 Å². The van der Waals surface area contributed by atoms with Gasteiger partial charge in [0.1, 0.15) is 5.82 Å². The van der Waals surface area contributed by atoms with Crippen LogP contribution in [-0.4, -0.2) is 23.9 Å². The van der Waals surface area contributed by atoms with Crippen LogP contribution in [-0.2, 0) is 0 Å². The summed E-state index contributed by atoms with van der Waals surface area (Å²) >= 11 is 0. The van der Waals surface area contributed by atoms with Crippen molar-refractivity contribution in [2.45, 2.75) is 13.8 Å². The van der Waals surface area contributed by atoms with E-state index in [4.69, 9.17) is 6.42 Å². The third kappa shape index (κ3) is 2.60. The van der Waals surface area contributed by atoms with Crippen LogP contribution < -0.4 is 0 Å². The Labute approximate surface area is 95.1 Å². The van der Waals surface area contributed by atoms with Crippen LogP contribution in [0.15, 0.2) is 18.2 Å². The molecule has 84 valence electrons. The molecule has 0 N–H and O–H groups in total. The first-order chi connectivity index (χ1) is 7.60. The molecular weight excluding hydrogens is 205 g/mol. The molecule has 2 nitrogen and oxygen atoms in total. The number of nitrogens with zero attached hydrogens (tertiary/aromatic N) is 1. The van der Waals surface area contributed by atoms with Crippen LogP contribution in [0, 0.1) is 25.1 Å². The SMILES string of the molecule is C#CCN(CC)C(=O)c1ccc(F)c(C)c1. The predicted octanol–water partition coefficient (Wildman–Crippen LogP) is 2.23. The van der Waals surface area contributed by atoms with Crippen LogP contribution in [0.3, 0.4) is 0 Å². The van der Waals surface area contributed by atoms with Gasteiger partial charge in [0.15, 0.2) is 0 Å². The highest BCUT2D eigenvalue weighted by Gasteiger charge is 2.13. The molecule has 1 amide bonds. The van der Waals surface area contributed by atoms with E-state index >= 15 is 0 Å². The number of amides is 1. The molecule has 1 rings (SSSR count). The van der Waals surface area contributed by atoms with Gasteiger partial charge < -0.3 is 4.90 Å². The van der Waals surface area contributed by atoms with Crippen LogP contribution in [0.4, 0.5) is 4.39 Å². The summed E-state index contributed by atoms with van der Waals surface area (Å²) in [6.07, 6.45) is 5.17. The van der Waals surface area contributed by atoms with Gasteiger partial charge in [0.2, 0.25) is 0 Å². The van der Waals surface area contributed by atoms with Crippen molar-refractivity contribution in [1.82, 2.24) is 4.90 Å². The van der Waals surface area contributed by atoms with Crippen molar-refractivity contribution in [2.75, 3.05) is 13.1 Å². The summed E-state index contributed by atoms with van der Waals surface area (Å²) in [7, 11) is 0. The molecule has 0 bridgehead atoms. The van der Waals surface area contributed by atoms with Gasteiger partial charge in [-0.25, -0.2) is 4.39 Å². The van der Waals surface area contributed by atoms with E-state index in [0.29, 0.717) is 17.7 Å². The second kappa shape index (κ2) is 5.32. The number of terminal acetylenes is 1. The number of hydrogen-bond donors (Lipinski definition) is 0. The average molecular weight is 219 g/mol. The van der Waals surface area contributed by atoms with Crippen LogP contribution >= 0.6 is 0 Å². The molecule has 0 radical (unpaired) electrons. The smallest absolute Gasteiger partial charge is 0.254 e. The molecule has 0 unspecified atom stereocenters. The van der Waals surface area contributed by atoms with E-state index in [0.717, 1.165) is 0 Å². The molecule has 0 atom stereocenters. The fraction of sp³-hybridized carbons (Fsp3) is 0.308. The number of benzene rings is 1. The lowest BCUT2D eigenvalue weighted by molar-refractivity contribution is 0.0785. The lowest BCUT2D eigenvalue weighted by Crippen LogP contribution is -2.31. The van der Waals surface area contributed by atoms with E-state index in [1.54, 1.807) is 6.92 Å². The molecule has 0 heterocycles. The third-order valence-corrected chi connectivity index (χ3v) is 2.36. The van der Waals surface area contributed by atoms with Crippen molar-refractivity contribution >= 4 is 5.91 Å². The fourth-order valence-corrected chi connectivity index (χ4v) is 1.40. The minimum absolute atomic E-state index is 0.163.